The van der Waals surface area contributed by atoms with Crippen LogP contribution < -0.4 is 5.32 Å². The molecule has 0 bridgehead atoms. The van der Waals surface area contributed by atoms with Crippen LogP contribution in [0.15, 0.2) is 30.9 Å². The van der Waals surface area contributed by atoms with Crippen molar-refractivity contribution in [3.8, 4) is 0 Å². The predicted octanol–water partition coefficient (Wildman–Crippen LogP) is 2.28. The zero-order valence-corrected chi connectivity index (χ0v) is 11.7. The van der Waals surface area contributed by atoms with E-state index >= 15 is 0 Å². The maximum absolute atomic E-state index is 12.0. The molecule has 0 aromatic heterocycles. The highest BCUT2D eigenvalue weighted by molar-refractivity contribution is 5.95. The van der Waals surface area contributed by atoms with Crippen LogP contribution in [0.1, 0.15) is 18.1 Å². The summed E-state index contributed by atoms with van der Waals surface area (Å²) in [5, 5.41) is 2.86. The average molecular weight is 260 g/mol. The topological polar surface area (TPSA) is 49.4 Å². The monoisotopic (exact) mass is 260 g/mol. The van der Waals surface area contributed by atoms with Gasteiger partial charge in [-0.3, -0.25) is 9.59 Å². The average Bonchev–Trinajstić information content (AvgIpc) is 2.33. The fraction of sp³-hybridized carbons (Fsp3) is 0.333. The van der Waals surface area contributed by atoms with Crippen molar-refractivity contribution < 1.29 is 9.59 Å². The lowest BCUT2D eigenvalue weighted by atomic mass is 10.1. The number of nitrogens with zero attached hydrogens (tertiary/aromatic N) is 1. The molecule has 0 radical (unpaired) electrons. The molecule has 0 spiro atoms. The van der Waals surface area contributed by atoms with E-state index < -0.39 is 0 Å². The van der Waals surface area contributed by atoms with Gasteiger partial charge in [0, 0.05) is 19.2 Å². The second kappa shape index (κ2) is 6.73. The first-order chi connectivity index (χ1) is 8.95. The summed E-state index contributed by atoms with van der Waals surface area (Å²) in [5.41, 5.74) is 2.83. The molecule has 0 unspecified atom stereocenters. The fourth-order valence-corrected chi connectivity index (χ4v) is 1.82. The Morgan fingerprint density at radius 3 is 2.37 bits per heavy atom. The van der Waals surface area contributed by atoms with Crippen LogP contribution in [0.5, 0.6) is 0 Å². The predicted molar refractivity (Wildman–Crippen MR) is 77.0 cm³/mol. The minimum Gasteiger partial charge on any atom is -0.330 e. The molecule has 4 nitrogen and oxygen atoms in total. The number of anilines is 1. The van der Waals surface area contributed by atoms with Gasteiger partial charge < -0.3 is 10.2 Å². The van der Waals surface area contributed by atoms with E-state index in [-0.39, 0.29) is 18.4 Å². The number of hydrogen-bond donors (Lipinski definition) is 1. The van der Waals surface area contributed by atoms with Crippen molar-refractivity contribution in [3.63, 3.8) is 0 Å². The lowest BCUT2D eigenvalue weighted by molar-refractivity contribution is -0.132. The summed E-state index contributed by atoms with van der Waals surface area (Å²) in [6.07, 6.45) is 1.60. The number of carbonyl (C=O) groups is 2. The molecule has 1 rings (SSSR count). The molecule has 0 aliphatic rings. The van der Waals surface area contributed by atoms with Crippen LogP contribution >= 0.6 is 0 Å². The molecule has 2 amide bonds. The number of amides is 2. The Morgan fingerprint density at radius 1 is 1.32 bits per heavy atom. The molecule has 19 heavy (non-hydrogen) atoms. The SMILES string of the molecule is C=CCN(CC(=O)Nc1c(C)cccc1C)C(C)=O. The zero-order chi connectivity index (χ0) is 14.4. The normalized spacial score (nSPS) is 9.84. The van der Waals surface area contributed by atoms with Crippen LogP contribution in [-0.2, 0) is 9.59 Å². The molecule has 4 heteroatoms. The Balaban J connectivity index is 2.74. The molecule has 102 valence electrons. The molecule has 1 N–H and O–H groups in total. The molecule has 0 fully saturated rings. The van der Waals surface area contributed by atoms with Crippen LogP contribution in [0.2, 0.25) is 0 Å². The van der Waals surface area contributed by atoms with Gasteiger partial charge in [0.1, 0.15) is 6.54 Å². The molecule has 0 heterocycles. The van der Waals surface area contributed by atoms with Crippen molar-refractivity contribution >= 4 is 17.5 Å². The Morgan fingerprint density at radius 2 is 1.89 bits per heavy atom. The van der Waals surface area contributed by atoms with E-state index in [1.165, 1.54) is 11.8 Å². The van der Waals surface area contributed by atoms with Crippen LogP contribution in [0.25, 0.3) is 0 Å². The highest BCUT2D eigenvalue weighted by atomic mass is 16.2. The van der Waals surface area contributed by atoms with Crippen molar-refractivity contribution in [2.24, 2.45) is 0 Å². The first kappa shape index (κ1) is 15.0. The third kappa shape index (κ3) is 4.25. The number of hydrogen-bond acceptors (Lipinski definition) is 2. The quantitative estimate of drug-likeness (QED) is 0.826. The third-order valence-corrected chi connectivity index (χ3v) is 2.87. The number of aryl methyl sites for hydroxylation is 2. The highest BCUT2D eigenvalue weighted by Crippen LogP contribution is 2.19. The maximum Gasteiger partial charge on any atom is 0.244 e. The first-order valence-electron chi connectivity index (χ1n) is 6.18. The van der Waals surface area contributed by atoms with E-state index in [1.54, 1.807) is 6.08 Å². The minimum atomic E-state index is -0.200. The fourth-order valence-electron chi connectivity index (χ4n) is 1.82. The van der Waals surface area contributed by atoms with E-state index in [0.29, 0.717) is 6.54 Å². The molecular weight excluding hydrogens is 240 g/mol. The number of rotatable bonds is 5. The smallest absolute Gasteiger partial charge is 0.244 e. The van der Waals surface area contributed by atoms with Gasteiger partial charge in [0.15, 0.2) is 0 Å². The molecule has 1 aromatic rings. The zero-order valence-electron chi connectivity index (χ0n) is 11.7. The molecular formula is C15H20N2O2. The van der Waals surface area contributed by atoms with Gasteiger partial charge in [0.2, 0.25) is 11.8 Å². The summed E-state index contributed by atoms with van der Waals surface area (Å²) in [6, 6.07) is 5.82. The third-order valence-electron chi connectivity index (χ3n) is 2.87. The Labute approximate surface area is 114 Å². The van der Waals surface area contributed by atoms with Gasteiger partial charge in [-0.2, -0.15) is 0 Å². The first-order valence-corrected chi connectivity index (χ1v) is 6.18. The standard InChI is InChI=1S/C15H20N2O2/c1-5-9-17(13(4)18)10-14(19)16-15-11(2)7-6-8-12(15)3/h5-8H,1,9-10H2,2-4H3,(H,16,19). The van der Waals surface area contributed by atoms with E-state index in [1.807, 2.05) is 32.0 Å². The van der Waals surface area contributed by atoms with Crippen molar-refractivity contribution in [1.82, 2.24) is 4.90 Å². The van der Waals surface area contributed by atoms with Gasteiger partial charge in [0.05, 0.1) is 0 Å². The van der Waals surface area contributed by atoms with Crippen molar-refractivity contribution in [3.05, 3.63) is 42.0 Å². The Bertz CT molecular complexity index is 475. The van der Waals surface area contributed by atoms with Crippen LogP contribution in [-0.4, -0.2) is 29.8 Å². The van der Waals surface area contributed by atoms with E-state index in [0.717, 1.165) is 16.8 Å². The van der Waals surface area contributed by atoms with Crippen molar-refractivity contribution in [1.29, 1.82) is 0 Å². The summed E-state index contributed by atoms with van der Waals surface area (Å²) in [6.45, 7) is 9.30. The van der Waals surface area contributed by atoms with Crippen LogP contribution in [0, 0.1) is 13.8 Å². The van der Waals surface area contributed by atoms with Gasteiger partial charge in [0.25, 0.3) is 0 Å². The van der Waals surface area contributed by atoms with E-state index in [4.69, 9.17) is 0 Å². The van der Waals surface area contributed by atoms with Gasteiger partial charge in [-0.15, -0.1) is 6.58 Å². The molecule has 0 saturated heterocycles. The van der Waals surface area contributed by atoms with Gasteiger partial charge >= 0.3 is 0 Å². The van der Waals surface area contributed by atoms with Gasteiger partial charge in [-0.05, 0) is 25.0 Å². The van der Waals surface area contributed by atoms with Gasteiger partial charge in [-0.25, -0.2) is 0 Å². The van der Waals surface area contributed by atoms with E-state index in [9.17, 15) is 9.59 Å². The summed E-state index contributed by atoms with van der Waals surface area (Å²) in [4.78, 5) is 24.8. The van der Waals surface area contributed by atoms with Gasteiger partial charge in [-0.1, -0.05) is 24.3 Å². The van der Waals surface area contributed by atoms with E-state index in [2.05, 4.69) is 11.9 Å². The highest BCUT2D eigenvalue weighted by Gasteiger charge is 2.13. The Hall–Kier alpha value is -2.10. The summed E-state index contributed by atoms with van der Waals surface area (Å²) < 4.78 is 0. The minimum absolute atomic E-state index is 0.0368. The van der Waals surface area contributed by atoms with Crippen molar-refractivity contribution in [2.45, 2.75) is 20.8 Å². The Kier molecular flexibility index (Phi) is 5.30. The van der Waals surface area contributed by atoms with Crippen LogP contribution in [0.3, 0.4) is 0 Å². The molecule has 0 saturated carbocycles. The maximum atomic E-state index is 12.0. The summed E-state index contributed by atoms with van der Waals surface area (Å²) in [5.74, 6) is -0.342. The van der Waals surface area contributed by atoms with Crippen LogP contribution in [0.4, 0.5) is 5.69 Å². The van der Waals surface area contributed by atoms with Crippen molar-refractivity contribution in [2.75, 3.05) is 18.4 Å². The second-order valence-electron chi connectivity index (χ2n) is 4.50. The molecule has 0 aliphatic carbocycles. The molecule has 0 aliphatic heterocycles. The molecule has 0 atom stereocenters. The second-order valence-corrected chi connectivity index (χ2v) is 4.50. The lowest BCUT2D eigenvalue weighted by Gasteiger charge is -2.19. The number of carbonyl (C=O) groups excluding carboxylic acids is 2. The summed E-state index contributed by atoms with van der Waals surface area (Å²) >= 11 is 0. The number of nitrogens with one attached hydrogen (secondary N) is 1. The number of benzene rings is 1. The summed E-state index contributed by atoms with van der Waals surface area (Å²) in [7, 11) is 0. The number of para-hydroxylation sites is 1. The molecule has 1 aromatic carbocycles. The lowest BCUT2D eigenvalue weighted by Crippen LogP contribution is -2.36. The largest absolute Gasteiger partial charge is 0.330 e.